The zero-order chi connectivity index (χ0) is 21.6. The lowest BCUT2D eigenvalue weighted by Crippen LogP contribution is -2.35. The number of hydrogen-bond acceptors (Lipinski definition) is 7. The summed E-state index contributed by atoms with van der Waals surface area (Å²) < 4.78 is 16.3. The second-order valence-corrected chi connectivity index (χ2v) is 7.45. The average molecular weight is 404 g/mol. The van der Waals surface area contributed by atoms with E-state index in [0.29, 0.717) is 24.8 Å². The van der Waals surface area contributed by atoms with E-state index in [0.717, 1.165) is 11.9 Å². The molecule has 1 saturated heterocycles. The molecule has 0 unspecified atom stereocenters. The summed E-state index contributed by atoms with van der Waals surface area (Å²) in [5.41, 5.74) is 1.44. The molecule has 29 heavy (non-hydrogen) atoms. The number of carbonyl (C=O) groups excluding carboxylic acids is 4. The van der Waals surface area contributed by atoms with Gasteiger partial charge in [0.25, 0.3) is 0 Å². The molecule has 1 aliphatic carbocycles. The fourth-order valence-electron chi connectivity index (χ4n) is 3.34. The van der Waals surface area contributed by atoms with E-state index < -0.39 is 36.0 Å². The standard InChI is InChI=1S/C22H28O7/c1-5-13(2)21(25)28-18-9-16(11-23)7-6-8-17(12-27-15(4)24)10-19-20(18)14(3)22(26)29-19/h7,10-11,13,18-20H,3,5-6,8-9,12H2,1-2,4H3/b16-7-,17-10-/t13-,18-,19+,20+/m0/s1. The first-order valence-corrected chi connectivity index (χ1v) is 9.84. The largest absolute Gasteiger partial charge is 0.461 e. The molecule has 7 heteroatoms. The molecule has 7 nitrogen and oxygen atoms in total. The summed E-state index contributed by atoms with van der Waals surface area (Å²) in [4.78, 5) is 47.4. The Morgan fingerprint density at radius 2 is 2.14 bits per heavy atom. The maximum Gasteiger partial charge on any atom is 0.334 e. The van der Waals surface area contributed by atoms with Gasteiger partial charge in [0.15, 0.2) is 0 Å². The number of carbonyl (C=O) groups is 4. The molecular weight excluding hydrogens is 376 g/mol. The van der Waals surface area contributed by atoms with Gasteiger partial charge in [-0.1, -0.05) is 26.5 Å². The van der Waals surface area contributed by atoms with E-state index >= 15 is 0 Å². The van der Waals surface area contributed by atoms with Gasteiger partial charge in [-0.2, -0.15) is 0 Å². The zero-order valence-electron chi connectivity index (χ0n) is 17.1. The highest BCUT2D eigenvalue weighted by molar-refractivity contribution is 5.91. The van der Waals surface area contributed by atoms with Crippen molar-refractivity contribution in [1.82, 2.24) is 0 Å². The molecule has 0 aromatic heterocycles. The van der Waals surface area contributed by atoms with E-state index in [1.54, 1.807) is 19.1 Å². The highest BCUT2D eigenvalue weighted by Gasteiger charge is 2.45. The lowest BCUT2D eigenvalue weighted by molar-refractivity contribution is -0.156. The van der Waals surface area contributed by atoms with Crippen molar-refractivity contribution in [2.75, 3.05) is 6.61 Å². The summed E-state index contributed by atoms with van der Waals surface area (Å²) in [7, 11) is 0. The maximum absolute atomic E-state index is 12.4. The van der Waals surface area contributed by atoms with Crippen LogP contribution in [-0.4, -0.2) is 43.0 Å². The van der Waals surface area contributed by atoms with Crippen LogP contribution in [0.1, 0.15) is 46.5 Å². The van der Waals surface area contributed by atoms with Gasteiger partial charge >= 0.3 is 17.9 Å². The first-order valence-electron chi connectivity index (χ1n) is 9.84. The first kappa shape index (κ1) is 22.6. The Hall–Kier alpha value is -2.70. The molecule has 1 heterocycles. The van der Waals surface area contributed by atoms with Crippen molar-refractivity contribution < 1.29 is 33.4 Å². The molecule has 0 saturated carbocycles. The molecule has 0 aromatic carbocycles. The fraction of sp³-hybridized carbons (Fsp3) is 0.545. The van der Waals surface area contributed by atoms with E-state index in [-0.39, 0.29) is 24.5 Å². The monoisotopic (exact) mass is 404 g/mol. The highest BCUT2D eigenvalue weighted by atomic mass is 16.6. The molecule has 0 bridgehead atoms. The van der Waals surface area contributed by atoms with Crippen LogP contribution in [-0.2, 0) is 33.4 Å². The number of ether oxygens (including phenoxy) is 3. The molecule has 0 spiro atoms. The minimum absolute atomic E-state index is 0.0597. The molecule has 0 N–H and O–H groups in total. The number of rotatable bonds is 6. The Morgan fingerprint density at radius 3 is 2.76 bits per heavy atom. The van der Waals surface area contributed by atoms with Gasteiger partial charge in [0.2, 0.25) is 0 Å². The Bertz CT molecular complexity index is 746. The van der Waals surface area contributed by atoms with Gasteiger partial charge < -0.3 is 14.2 Å². The zero-order valence-corrected chi connectivity index (χ0v) is 17.1. The van der Waals surface area contributed by atoms with Crippen LogP contribution in [0.3, 0.4) is 0 Å². The predicted octanol–water partition coefficient (Wildman–Crippen LogP) is 2.84. The van der Waals surface area contributed by atoms with Crippen LogP contribution in [0, 0.1) is 11.8 Å². The van der Waals surface area contributed by atoms with Crippen molar-refractivity contribution >= 4 is 24.2 Å². The lowest BCUT2D eigenvalue weighted by Gasteiger charge is -2.28. The van der Waals surface area contributed by atoms with Crippen LogP contribution in [0.4, 0.5) is 0 Å². The summed E-state index contributed by atoms with van der Waals surface area (Å²) in [5, 5.41) is 0. The van der Waals surface area contributed by atoms with E-state index in [2.05, 4.69) is 6.58 Å². The van der Waals surface area contributed by atoms with Crippen LogP contribution in [0.15, 0.2) is 35.5 Å². The van der Waals surface area contributed by atoms with Crippen LogP contribution >= 0.6 is 0 Å². The minimum atomic E-state index is -0.763. The molecule has 0 radical (unpaired) electrons. The predicted molar refractivity (Wildman–Crippen MR) is 105 cm³/mol. The van der Waals surface area contributed by atoms with Gasteiger partial charge in [-0.15, -0.1) is 0 Å². The van der Waals surface area contributed by atoms with Crippen LogP contribution < -0.4 is 0 Å². The average Bonchev–Trinajstić information content (AvgIpc) is 2.96. The fourth-order valence-corrected chi connectivity index (χ4v) is 3.34. The molecule has 4 atom stereocenters. The normalized spacial score (nSPS) is 29.3. The second kappa shape index (κ2) is 10.2. The molecule has 1 fully saturated rings. The van der Waals surface area contributed by atoms with Gasteiger partial charge in [-0.05, 0) is 36.5 Å². The topological polar surface area (TPSA) is 96.0 Å². The van der Waals surface area contributed by atoms with Gasteiger partial charge in [0.05, 0.1) is 11.8 Å². The quantitative estimate of drug-likeness (QED) is 0.221. The van der Waals surface area contributed by atoms with Crippen molar-refractivity contribution in [1.29, 1.82) is 0 Å². The summed E-state index contributed by atoms with van der Waals surface area (Å²) in [6.45, 7) is 8.85. The molecule has 0 amide bonds. The smallest absolute Gasteiger partial charge is 0.334 e. The molecule has 1 aliphatic heterocycles. The van der Waals surface area contributed by atoms with Crippen molar-refractivity contribution in [3.63, 3.8) is 0 Å². The minimum Gasteiger partial charge on any atom is -0.461 e. The molecule has 0 aromatic rings. The summed E-state index contributed by atoms with van der Waals surface area (Å²) in [5.74, 6) is -2.31. The second-order valence-electron chi connectivity index (χ2n) is 7.45. The molecule has 158 valence electrons. The van der Waals surface area contributed by atoms with E-state index in [4.69, 9.17) is 14.2 Å². The van der Waals surface area contributed by atoms with E-state index in [9.17, 15) is 19.2 Å². The lowest BCUT2D eigenvalue weighted by atomic mass is 9.85. The highest BCUT2D eigenvalue weighted by Crippen LogP contribution is 2.36. The third-order valence-electron chi connectivity index (χ3n) is 5.27. The van der Waals surface area contributed by atoms with Gasteiger partial charge in [-0.25, -0.2) is 4.79 Å². The number of esters is 3. The van der Waals surface area contributed by atoms with E-state index in [1.165, 1.54) is 6.92 Å². The summed E-state index contributed by atoms with van der Waals surface area (Å²) in [6.07, 6.45) is 4.65. The van der Waals surface area contributed by atoms with Crippen LogP contribution in [0.5, 0.6) is 0 Å². The SMILES string of the molecule is C=C1C(=O)O[C@@H]2/C=C(\COC(C)=O)CC/C=C(\C=O)C[C@H](OC(=O)[C@@H](C)CC)[C@@H]12. The van der Waals surface area contributed by atoms with Crippen LogP contribution in [0.2, 0.25) is 0 Å². The number of allylic oxidation sites excluding steroid dienone is 1. The van der Waals surface area contributed by atoms with Gasteiger partial charge in [0.1, 0.15) is 25.1 Å². The van der Waals surface area contributed by atoms with Crippen molar-refractivity contribution in [3.8, 4) is 0 Å². The Labute approximate surface area is 170 Å². The van der Waals surface area contributed by atoms with Gasteiger partial charge in [0, 0.05) is 18.9 Å². The van der Waals surface area contributed by atoms with Crippen molar-refractivity contribution in [2.24, 2.45) is 11.8 Å². The maximum atomic E-state index is 12.4. The third-order valence-corrected chi connectivity index (χ3v) is 5.27. The third kappa shape index (κ3) is 5.89. The molecular formula is C22H28O7. The number of aldehydes is 1. The van der Waals surface area contributed by atoms with Crippen molar-refractivity contribution in [3.05, 3.63) is 35.5 Å². The van der Waals surface area contributed by atoms with Crippen LogP contribution in [0.25, 0.3) is 0 Å². The van der Waals surface area contributed by atoms with Crippen molar-refractivity contribution in [2.45, 2.75) is 58.7 Å². The molecule has 2 rings (SSSR count). The number of fused-ring (bicyclic) bond motifs is 1. The molecule has 2 aliphatic rings. The Balaban J connectivity index is 2.41. The summed E-state index contributed by atoms with van der Waals surface area (Å²) in [6, 6.07) is 0. The first-order chi connectivity index (χ1) is 13.8. The van der Waals surface area contributed by atoms with Gasteiger partial charge in [-0.3, -0.25) is 14.4 Å². The Morgan fingerprint density at radius 1 is 1.41 bits per heavy atom. The van der Waals surface area contributed by atoms with E-state index in [1.807, 2.05) is 6.92 Å². The summed E-state index contributed by atoms with van der Waals surface area (Å²) >= 11 is 0. The Kier molecular flexibility index (Phi) is 7.93. The number of hydrogen-bond donors (Lipinski definition) is 0.